The average molecular weight is 458 g/mol. The van der Waals surface area contributed by atoms with Crippen molar-refractivity contribution in [3.05, 3.63) is 124 Å². The molecular weight excluding hydrogens is 437 g/mol. The minimum atomic E-state index is -3.75. The molecule has 3 aromatic carbocycles. The normalized spacial score (nSPS) is 13.8. The average Bonchev–Trinajstić information content (AvgIpc) is 2.74. The van der Waals surface area contributed by atoms with Crippen LogP contribution in [0.3, 0.4) is 0 Å². The Bertz CT molecular complexity index is 1130. The number of sulfonamides is 1. The Morgan fingerprint density at radius 1 is 0.833 bits per heavy atom. The molecule has 6 heteroatoms. The van der Waals surface area contributed by atoms with Gasteiger partial charge in [-0.3, -0.25) is 0 Å². The van der Waals surface area contributed by atoms with E-state index in [2.05, 4.69) is 11.3 Å². The van der Waals surface area contributed by atoms with Crippen molar-refractivity contribution >= 4 is 39.3 Å². The zero-order valence-corrected chi connectivity index (χ0v) is 18.4. The predicted molar refractivity (Wildman–Crippen MR) is 126 cm³/mol. The third kappa shape index (κ3) is 6.07. The van der Waals surface area contributed by atoms with Crippen molar-refractivity contribution in [2.75, 3.05) is 0 Å². The number of nitrogens with one attached hydrogen (secondary N) is 1. The van der Waals surface area contributed by atoms with Crippen molar-refractivity contribution in [3.8, 4) is 0 Å². The fraction of sp³-hybridized carbons (Fsp3) is 0.0833. The van der Waals surface area contributed by atoms with Crippen molar-refractivity contribution in [2.45, 2.75) is 12.0 Å². The van der Waals surface area contributed by atoms with Crippen LogP contribution in [-0.2, 0) is 10.0 Å². The zero-order valence-electron chi connectivity index (χ0n) is 16.1. The predicted octanol–water partition coefficient (Wildman–Crippen LogP) is 6.59. The number of rotatable bonds is 8. The Kier molecular flexibility index (Phi) is 7.51. The molecule has 0 radical (unpaired) electrons. The van der Waals surface area contributed by atoms with E-state index in [1.165, 1.54) is 5.41 Å². The van der Waals surface area contributed by atoms with Crippen molar-refractivity contribution in [2.24, 2.45) is 0 Å². The second-order valence-electron chi connectivity index (χ2n) is 6.72. The highest BCUT2D eigenvalue weighted by atomic mass is 35.5. The van der Waals surface area contributed by atoms with E-state index in [4.69, 9.17) is 23.2 Å². The van der Waals surface area contributed by atoms with E-state index in [1.54, 1.807) is 42.5 Å². The summed E-state index contributed by atoms with van der Waals surface area (Å²) in [5, 5.41) is 2.31. The molecule has 2 atom stereocenters. The first-order valence-electron chi connectivity index (χ1n) is 9.27. The van der Waals surface area contributed by atoms with Crippen LogP contribution >= 0.6 is 23.2 Å². The van der Waals surface area contributed by atoms with Crippen molar-refractivity contribution in [1.82, 2.24) is 4.72 Å². The number of hydrogen-bond donors (Lipinski definition) is 1. The Labute approximate surface area is 187 Å². The van der Waals surface area contributed by atoms with E-state index in [0.717, 1.165) is 16.7 Å². The molecule has 3 aromatic rings. The Morgan fingerprint density at radius 3 is 2.17 bits per heavy atom. The van der Waals surface area contributed by atoms with Crippen LogP contribution in [0.4, 0.5) is 0 Å². The van der Waals surface area contributed by atoms with Crippen LogP contribution in [0.25, 0.3) is 6.08 Å². The van der Waals surface area contributed by atoms with Gasteiger partial charge < -0.3 is 0 Å². The third-order valence-corrected chi connectivity index (χ3v) is 6.17. The summed E-state index contributed by atoms with van der Waals surface area (Å²) in [6.45, 7) is 3.93. The molecule has 0 aliphatic rings. The van der Waals surface area contributed by atoms with Crippen LogP contribution in [-0.4, -0.2) is 8.42 Å². The number of hydrogen-bond acceptors (Lipinski definition) is 2. The molecule has 0 fully saturated rings. The third-order valence-electron chi connectivity index (χ3n) is 4.61. The van der Waals surface area contributed by atoms with Gasteiger partial charge in [-0.25, -0.2) is 13.1 Å². The second-order valence-corrected chi connectivity index (χ2v) is 9.19. The second kappa shape index (κ2) is 10.1. The van der Waals surface area contributed by atoms with Crippen molar-refractivity contribution in [3.63, 3.8) is 0 Å². The molecule has 30 heavy (non-hydrogen) atoms. The van der Waals surface area contributed by atoms with E-state index < -0.39 is 16.1 Å². The molecule has 0 spiro atoms. The zero-order chi connectivity index (χ0) is 21.6. The molecule has 0 amide bonds. The number of benzene rings is 3. The van der Waals surface area contributed by atoms with Crippen LogP contribution in [0.15, 0.2) is 96.9 Å². The molecule has 3 nitrogen and oxygen atoms in total. The Hall–Kier alpha value is -2.37. The summed E-state index contributed by atoms with van der Waals surface area (Å²) in [5.41, 5.74) is 2.41. The minimum absolute atomic E-state index is 0.343. The van der Waals surface area contributed by atoms with Crippen LogP contribution in [0.1, 0.15) is 28.7 Å². The van der Waals surface area contributed by atoms with E-state index in [1.807, 2.05) is 48.5 Å². The molecule has 0 saturated carbocycles. The monoisotopic (exact) mass is 457 g/mol. The fourth-order valence-electron chi connectivity index (χ4n) is 3.15. The van der Waals surface area contributed by atoms with Gasteiger partial charge in [-0.15, -0.1) is 6.58 Å². The van der Waals surface area contributed by atoms with Crippen molar-refractivity contribution < 1.29 is 8.42 Å². The van der Waals surface area contributed by atoms with Gasteiger partial charge in [0.1, 0.15) is 0 Å². The van der Waals surface area contributed by atoms with Gasteiger partial charge in [-0.1, -0.05) is 83.9 Å². The van der Waals surface area contributed by atoms with E-state index >= 15 is 0 Å². The molecule has 0 aliphatic carbocycles. The van der Waals surface area contributed by atoms with Gasteiger partial charge >= 0.3 is 0 Å². The van der Waals surface area contributed by atoms with E-state index in [9.17, 15) is 8.42 Å². The molecule has 0 heterocycles. The summed E-state index contributed by atoms with van der Waals surface area (Å²) in [6.07, 6.45) is 3.28. The maximum absolute atomic E-state index is 12.9. The summed E-state index contributed by atoms with van der Waals surface area (Å²) in [5.74, 6) is -0.343. The van der Waals surface area contributed by atoms with Crippen LogP contribution < -0.4 is 4.72 Å². The van der Waals surface area contributed by atoms with Gasteiger partial charge in [0, 0.05) is 21.4 Å². The quantitative estimate of drug-likeness (QED) is 0.387. The summed E-state index contributed by atoms with van der Waals surface area (Å²) in [4.78, 5) is 0. The molecular formula is C24H21Cl2NO2S. The largest absolute Gasteiger partial charge is 0.234 e. The lowest BCUT2D eigenvalue weighted by Crippen LogP contribution is -2.30. The summed E-state index contributed by atoms with van der Waals surface area (Å²) in [6, 6.07) is 23.0. The Morgan fingerprint density at radius 2 is 1.53 bits per heavy atom. The SMILES string of the molecule is C=CC(c1cccc(Cl)c1)C(NS(=O)(=O)C=Cc1ccccc1)c1ccc(Cl)cc1. The minimum Gasteiger partial charge on any atom is -0.208 e. The summed E-state index contributed by atoms with van der Waals surface area (Å²) in [7, 11) is -3.75. The van der Waals surface area contributed by atoms with Gasteiger partial charge in [-0.2, -0.15) is 0 Å². The van der Waals surface area contributed by atoms with Gasteiger partial charge in [0.05, 0.1) is 6.04 Å². The Balaban J connectivity index is 1.97. The van der Waals surface area contributed by atoms with Gasteiger partial charge in [0.25, 0.3) is 0 Å². The summed E-state index contributed by atoms with van der Waals surface area (Å²) < 4.78 is 28.6. The maximum atomic E-state index is 12.9. The summed E-state index contributed by atoms with van der Waals surface area (Å²) >= 11 is 12.2. The molecule has 3 rings (SSSR count). The highest BCUT2D eigenvalue weighted by molar-refractivity contribution is 7.92. The lowest BCUT2D eigenvalue weighted by Gasteiger charge is -2.26. The van der Waals surface area contributed by atoms with Crippen LogP contribution in [0.2, 0.25) is 10.0 Å². The molecule has 1 N–H and O–H groups in total. The highest BCUT2D eigenvalue weighted by Crippen LogP contribution is 2.34. The first-order chi connectivity index (χ1) is 14.4. The molecule has 154 valence electrons. The lowest BCUT2D eigenvalue weighted by atomic mass is 9.88. The molecule has 0 aliphatic heterocycles. The van der Waals surface area contributed by atoms with E-state index in [0.29, 0.717) is 10.0 Å². The first-order valence-corrected chi connectivity index (χ1v) is 11.6. The standard InChI is InChI=1S/C24H21Cl2NO2S/c1-2-23(20-9-6-10-22(26)17-20)24(19-11-13-21(25)14-12-19)27-30(28,29)16-15-18-7-4-3-5-8-18/h2-17,23-24,27H,1H2. The van der Waals surface area contributed by atoms with Gasteiger partial charge in [-0.05, 0) is 47.0 Å². The lowest BCUT2D eigenvalue weighted by molar-refractivity contribution is 0.543. The molecule has 0 saturated heterocycles. The van der Waals surface area contributed by atoms with Crippen LogP contribution in [0.5, 0.6) is 0 Å². The van der Waals surface area contributed by atoms with Crippen molar-refractivity contribution in [1.29, 1.82) is 0 Å². The number of halogens is 2. The highest BCUT2D eigenvalue weighted by Gasteiger charge is 2.26. The first kappa shape index (κ1) is 22.3. The smallest absolute Gasteiger partial charge is 0.208 e. The van der Waals surface area contributed by atoms with E-state index in [-0.39, 0.29) is 5.92 Å². The maximum Gasteiger partial charge on any atom is 0.234 e. The molecule has 0 bridgehead atoms. The van der Waals surface area contributed by atoms with Gasteiger partial charge in [0.15, 0.2) is 0 Å². The molecule has 0 aromatic heterocycles. The van der Waals surface area contributed by atoms with Gasteiger partial charge in [0.2, 0.25) is 10.0 Å². The van der Waals surface area contributed by atoms with Crippen LogP contribution in [0, 0.1) is 0 Å². The fourth-order valence-corrected chi connectivity index (χ4v) is 4.52. The topological polar surface area (TPSA) is 46.2 Å². The molecule has 2 unspecified atom stereocenters.